The highest BCUT2D eigenvalue weighted by molar-refractivity contribution is 7.21. The van der Waals surface area contributed by atoms with Crippen LogP contribution in [0, 0.1) is 0 Å². The zero-order valence-electron chi connectivity index (χ0n) is 19.0. The van der Waals surface area contributed by atoms with Crippen molar-refractivity contribution >= 4 is 51.1 Å². The molecular formula is C27H23ClN2O4S. The minimum atomic E-state index is -0.509. The minimum absolute atomic E-state index is 0.139. The lowest BCUT2D eigenvalue weighted by Crippen LogP contribution is -2.24. The number of amides is 1. The molecule has 0 atom stereocenters. The zero-order chi connectivity index (χ0) is 24.6. The van der Waals surface area contributed by atoms with E-state index in [0.717, 1.165) is 28.5 Å². The fourth-order valence-electron chi connectivity index (χ4n) is 3.32. The average molecular weight is 507 g/mol. The molecule has 0 aliphatic heterocycles. The number of hydrogen-bond donors (Lipinski definition) is 1. The van der Waals surface area contributed by atoms with Crippen LogP contribution in [0.1, 0.15) is 34.1 Å². The van der Waals surface area contributed by atoms with Crippen LogP contribution in [0.4, 0.5) is 0 Å². The molecule has 4 rings (SSSR count). The van der Waals surface area contributed by atoms with E-state index in [1.165, 1.54) is 23.1 Å². The van der Waals surface area contributed by atoms with E-state index in [2.05, 4.69) is 17.5 Å². The molecule has 0 fully saturated rings. The van der Waals surface area contributed by atoms with Crippen LogP contribution in [-0.4, -0.2) is 24.7 Å². The van der Waals surface area contributed by atoms with Crippen molar-refractivity contribution in [2.75, 3.05) is 6.61 Å². The maximum atomic E-state index is 12.6. The summed E-state index contributed by atoms with van der Waals surface area (Å²) in [7, 11) is 0. The molecule has 0 bridgehead atoms. The Kier molecular flexibility index (Phi) is 8.13. The van der Waals surface area contributed by atoms with Gasteiger partial charge in [-0.2, -0.15) is 5.10 Å². The van der Waals surface area contributed by atoms with Gasteiger partial charge >= 0.3 is 5.97 Å². The lowest BCUT2D eigenvalue weighted by atomic mass is 10.1. The summed E-state index contributed by atoms with van der Waals surface area (Å²) in [5.74, 6) is 0.128. The third kappa shape index (κ3) is 6.47. The van der Waals surface area contributed by atoms with Crippen LogP contribution in [0.3, 0.4) is 0 Å². The predicted octanol–water partition coefficient (Wildman–Crippen LogP) is 6.26. The fourth-order valence-corrected chi connectivity index (χ4v) is 4.71. The van der Waals surface area contributed by atoms with Gasteiger partial charge in [0.1, 0.15) is 16.4 Å². The van der Waals surface area contributed by atoms with E-state index >= 15 is 0 Å². The van der Waals surface area contributed by atoms with E-state index in [1.54, 1.807) is 24.3 Å². The van der Waals surface area contributed by atoms with E-state index in [0.29, 0.717) is 21.4 Å². The number of halogens is 1. The lowest BCUT2D eigenvalue weighted by molar-refractivity contribution is -0.123. The molecule has 1 amide bonds. The number of fused-ring (bicyclic) bond motifs is 1. The summed E-state index contributed by atoms with van der Waals surface area (Å²) in [6, 6.07) is 22.0. The second-order valence-corrected chi connectivity index (χ2v) is 9.11. The number of hydrogen-bond acceptors (Lipinski definition) is 6. The Morgan fingerprint density at radius 3 is 2.43 bits per heavy atom. The van der Waals surface area contributed by atoms with Crippen molar-refractivity contribution in [3.63, 3.8) is 0 Å². The number of aryl methyl sites for hydroxylation is 1. The number of carbonyl (C=O) groups excluding carboxylic acids is 2. The van der Waals surface area contributed by atoms with Gasteiger partial charge in [-0.15, -0.1) is 11.3 Å². The first-order chi connectivity index (χ1) is 17.0. The fraction of sp³-hybridized carbons (Fsp3) is 0.148. The van der Waals surface area contributed by atoms with Crippen molar-refractivity contribution < 1.29 is 19.1 Å². The van der Waals surface area contributed by atoms with E-state index < -0.39 is 5.97 Å². The quantitative estimate of drug-likeness (QED) is 0.126. The van der Waals surface area contributed by atoms with Gasteiger partial charge in [0.2, 0.25) is 0 Å². The molecule has 0 saturated carbocycles. The smallest absolute Gasteiger partial charge is 0.355 e. The third-order valence-electron chi connectivity index (χ3n) is 5.05. The summed E-state index contributed by atoms with van der Waals surface area (Å²) in [6.45, 7) is 1.99. The van der Waals surface area contributed by atoms with Crippen molar-refractivity contribution in [2.24, 2.45) is 5.10 Å². The molecule has 35 heavy (non-hydrogen) atoms. The van der Waals surface area contributed by atoms with Crippen LogP contribution in [0.25, 0.3) is 10.1 Å². The Bertz CT molecular complexity index is 1350. The summed E-state index contributed by atoms with van der Waals surface area (Å²) >= 11 is 7.64. The molecule has 0 aliphatic carbocycles. The Morgan fingerprint density at radius 2 is 1.71 bits per heavy atom. The number of ether oxygens (including phenoxy) is 2. The Hall–Kier alpha value is -3.68. The van der Waals surface area contributed by atoms with E-state index in [1.807, 2.05) is 48.5 Å². The molecule has 0 aliphatic rings. The second kappa shape index (κ2) is 11.6. The van der Waals surface area contributed by atoms with E-state index in [9.17, 15) is 9.59 Å². The summed E-state index contributed by atoms with van der Waals surface area (Å²) in [5, 5.41) is 5.16. The maximum Gasteiger partial charge on any atom is 0.355 e. The molecular weight excluding hydrogens is 484 g/mol. The molecule has 0 spiro atoms. The van der Waals surface area contributed by atoms with Crippen molar-refractivity contribution in [1.82, 2.24) is 5.43 Å². The predicted molar refractivity (Wildman–Crippen MR) is 140 cm³/mol. The SMILES string of the molecule is CCCc1ccc(OCC(=O)NN=Cc2ccc(OC(=O)c3sc4ccccc4c3Cl)cc2)cc1. The highest BCUT2D eigenvalue weighted by Gasteiger charge is 2.18. The molecule has 1 heterocycles. The molecule has 0 unspecified atom stereocenters. The number of benzene rings is 3. The number of hydrazone groups is 1. The highest BCUT2D eigenvalue weighted by atomic mass is 35.5. The zero-order valence-corrected chi connectivity index (χ0v) is 20.6. The van der Waals surface area contributed by atoms with Gasteiger partial charge in [0, 0.05) is 10.1 Å². The first kappa shape index (κ1) is 24.4. The third-order valence-corrected chi connectivity index (χ3v) is 6.70. The van der Waals surface area contributed by atoms with Gasteiger partial charge in [-0.3, -0.25) is 4.79 Å². The molecule has 1 N–H and O–H groups in total. The molecule has 1 aromatic heterocycles. The van der Waals surface area contributed by atoms with Gasteiger partial charge in [-0.1, -0.05) is 55.3 Å². The van der Waals surface area contributed by atoms with E-state index in [4.69, 9.17) is 21.1 Å². The Morgan fingerprint density at radius 1 is 1.00 bits per heavy atom. The van der Waals surface area contributed by atoms with Crippen LogP contribution in [0.5, 0.6) is 11.5 Å². The maximum absolute atomic E-state index is 12.6. The normalized spacial score (nSPS) is 11.0. The van der Waals surface area contributed by atoms with Crippen molar-refractivity contribution in [2.45, 2.75) is 19.8 Å². The van der Waals surface area contributed by atoms with Crippen LogP contribution in [-0.2, 0) is 11.2 Å². The molecule has 0 saturated heterocycles. The van der Waals surface area contributed by atoms with Gasteiger partial charge in [-0.25, -0.2) is 10.2 Å². The summed E-state index contributed by atoms with van der Waals surface area (Å²) in [4.78, 5) is 24.9. The average Bonchev–Trinajstić information content (AvgIpc) is 3.21. The number of nitrogens with one attached hydrogen (secondary N) is 1. The van der Waals surface area contributed by atoms with Crippen LogP contribution in [0.2, 0.25) is 5.02 Å². The second-order valence-electron chi connectivity index (χ2n) is 7.68. The Labute approximate surface area is 212 Å². The monoisotopic (exact) mass is 506 g/mol. The number of carbonyl (C=O) groups is 2. The van der Waals surface area contributed by atoms with Crippen molar-refractivity contribution in [1.29, 1.82) is 0 Å². The first-order valence-corrected chi connectivity index (χ1v) is 12.3. The van der Waals surface area contributed by atoms with Crippen molar-refractivity contribution in [3.8, 4) is 11.5 Å². The number of nitrogens with zero attached hydrogens (tertiary/aromatic N) is 1. The minimum Gasteiger partial charge on any atom is -0.484 e. The van der Waals surface area contributed by atoms with Gasteiger partial charge < -0.3 is 9.47 Å². The number of rotatable bonds is 9. The standard InChI is InChI=1S/C27H23ClN2O4S/c1-2-5-18-8-12-20(13-9-18)33-17-24(31)30-29-16-19-10-14-21(15-11-19)34-27(32)26-25(28)22-6-3-4-7-23(22)35-26/h3-4,6-16H,2,5,17H2,1H3,(H,30,31). The summed E-state index contributed by atoms with van der Waals surface area (Å²) in [6.07, 6.45) is 3.58. The van der Waals surface area contributed by atoms with Gasteiger partial charge in [0.15, 0.2) is 6.61 Å². The largest absolute Gasteiger partial charge is 0.484 e. The van der Waals surface area contributed by atoms with Crippen LogP contribution >= 0.6 is 22.9 Å². The molecule has 6 nitrogen and oxygen atoms in total. The topological polar surface area (TPSA) is 77.0 Å². The van der Waals surface area contributed by atoms with Gasteiger partial charge in [-0.05, 0) is 60.0 Å². The van der Waals surface area contributed by atoms with Crippen LogP contribution in [0.15, 0.2) is 77.9 Å². The molecule has 178 valence electrons. The molecule has 4 aromatic rings. The summed E-state index contributed by atoms with van der Waals surface area (Å²) < 4.78 is 11.9. The lowest BCUT2D eigenvalue weighted by Gasteiger charge is -2.06. The molecule has 0 radical (unpaired) electrons. The highest BCUT2D eigenvalue weighted by Crippen LogP contribution is 2.35. The number of thiophene rings is 1. The van der Waals surface area contributed by atoms with Gasteiger partial charge in [0.05, 0.1) is 11.2 Å². The Balaban J connectivity index is 1.26. The molecule has 3 aromatic carbocycles. The molecule has 8 heteroatoms. The summed E-state index contributed by atoms with van der Waals surface area (Å²) in [5.41, 5.74) is 4.38. The van der Waals surface area contributed by atoms with E-state index in [-0.39, 0.29) is 12.5 Å². The van der Waals surface area contributed by atoms with Crippen LogP contribution < -0.4 is 14.9 Å². The van der Waals surface area contributed by atoms with Gasteiger partial charge in [0.25, 0.3) is 5.91 Å². The first-order valence-electron chi connectivity index (χ1n) is 11.1. The number of esters is 1. The van der Waals surface area contributed by atoms with Crippen molar-refractivity contribution in [3.05, 3.63) is 93.8 Å².